The van der Waals surface area contributed by atoms with E-state index in [2.05, 4.69) is 40.6 Å². The summed E-state index contributed by atoms with van der Waals surface area (Å²) in [7, 11) is 0. The molecule has 0 fully saturated rings. The first-order chi connectivity index (χ1) is 7.45. The molecule has 0 saturated heterocycles. The number of amidine groups is 1. The van der Waals surface area contributed by atoms with Gasteiger partial charge in [0.05, 0.1) is 5.84 Å². The summed E-state index contributed by atoms with van der Waals surface area (Å²) in [5.74, 6) is 1.21. The Bertz CT molecular complexity index is 317. The second kappa shape index (κ2) is 5.54. The van der Waals surface area contributed by atoms with Crippen LogP contribution in [0.4, 0.5) is 0 Å². The van der Waals surface area contributed by atoms with E-state index < -0.39 is 0 Å². The van der Waals surface area contributed by atoms with E-state index in [1.807, 2.05) is 0 Å². The van der Waals surface area contributed by atoms with E-state index in [1.165, 1.54) is 24.2 Å². The fraction of sp³-hybridized carbons (Fsp3) is 0.462. The van der Waals surface area contributed by atoms with Crippen LogP contribution in [0.25, 0.3) is 0 Å². The third-order valence-electron chi connectivity index (χ3n) is 2.71. The lowest BCUT2D eigenvalue weighted by Crippen LogP contribution is -2.27. The predicted molar refractivity (Wildman–Crippen MR) is 64.3 cm³/mol. The molecule has 0 aromatic heterocycles. The van der Waals surface area contributed by atoms with Crippen LogP contribution in [0.2, 0.25) is 0 Å². The van der Waals surface area contributed by atoms with E-state index in [9.17, 15) is 0 Å². The topological polar surface area (TPSA) is 24.4 Å². The van der Waals surface area contributed by atoms with Gasteiger partial charge in [-0.05, 0) is 24.8 Å². The first-order valence-corrected chi connectivity index (χ1v) is 5.76. The summed E-state index contributed by atoms with van der Waals surface area (Å²) < 4.78 is 0. The maximum atomic E-state index is 4.47. The summed E-state index contributed by atoms with van der Waals surface area (Å²) in [6.07, 6.45) is 4.76. The van der Waals surface area contributed by atoms with Crippen molar-refractivity contribution in [3.05, 3.63) is 35.9 Å². The van der Waals surface area contributed by atoms with Crippen LogP contribution < -0.4 is 5.32 Å². The highest BCUT2D eigenvalue weighted by Gasteiger charge is 2.03. The Morgan fingerprint density at radius 2 is 2.00 bits per heavy atom. The van der Waals surface area contributed by atoms with Crippen LogP contribution in [-0.4, -0.2) is 18.9 Å². The number of nitrogens with one attached hydrogen (secondary N) is 1. The average molecular weight is 202 g/mol. The van der Waals surface area contributed by atoms with Gasteiger partial charge < -0.3 is 5.32 Å². The number of benzene rings is 1. The summed E-state index contributed by atoms with van der Waals surface area (Å²) >= 11 is 0. The van der Waals surface area contributed by atoms with E-state index in [0.29, 0.717) is 0 Å². The van der Waals surface area contributed by atoms with Crippen molar-refractivity contribution >= 4 is 5.84 Å². The number of aliphatic imine (C=N–C) groups is 1. The van der Waals surface area contributed by atoms with Gasteiger partial charge in [-0.2, -0.15) is 0 Å². The Kier molecular flexibility index (Phi) is 3.77. The molecule has 1 heterocycles. The quantitative estimate of drug-likeness (QED) is 0.799. The molecule has 0 amide bonds. The van der Waals surface area contributed by atoms with Crippen molar-refractivity contribution < 1.29 is 0 Å². The van der Waals surface area contributed by atoms with Gasteiger partial charge in [0, 0.05) is 19.5 Å². The van der Waals surface area contributed by atoms with E-state index in [-0.39, 0.29) is 0 Å². The van der Waals surface area contributed by atoms with Gasteiger partial charge in [0.2, 0.25) is 0 Å². The van der Waals surface area contributed by atoms with Gasteiger partial charge in [-0.1, -0.05) is 30.3 Å². The maximum Gasteiger partial charge on any atom is 0.0963 e. The molecule has 0 unspecified atom stereocenters. The highest BCUT2D eigenvalue weighted by atomic mass is 15.0. The summed E-state index contributed by atoms with van der Waals surface area (Å²) in [6, 6.07) is 10.6. The Hall–Kier alpha value is -1.31. The molecular weight excluding hydrogens is 184 g/mol. The van der Waals surface area contributed by atoms with Crippen LogP contribution in [0, 0.1) is 0 Å². The minimum Gasteiger partial charge on any atom is -0.374 e. The summed E-state index contributed by atoms with van der Waals surface area (Å²) in [4.78, 5) is 4.47. The highest BCUT2D eigenvalue weighted by Crippen LogP contribution is 2.04. The maximum absolute atomic E-state index is 4.47. The van der Waals surface area contributed by atoms with Crippen molar-refractivity contribution in [1.82, 2.24) is 5.32 Å². The molecule has 0 saturated carbocycles. The van der Waals surface area contributed by atoms with Crippen molar-refractivity contribution in [1.29, 1.82) is 0 Å². The number of hydrogen-bond acceptors (Lipinski definition) is 2. The lowest BCUT2D eigenvalue weighted by molar-refractivity contribution is 0.704. The summed E-state index contributed by atoms with van der Waals surface area (Å²) in [6.45, 7) is 2.01. The fourth-order valence-corrected chi connectivity index (χ4v) is 1.84. The van der Waals surface area contributed by atoms with E-state index in [0.717, 1.165) is 25.9 Å². The molecule has 1 aromatic carbocycles. The molecule has 1 aliphatic rings. The average Bonchev–Trinajstić information content (AvgIpc) is 2.32. The Balaban J connectivity index is 1.73. The van der Waals surface area contributed by atoms with Crippen molar-refractivity contribution in [2.45, 2.75) is 25.7 Å². The number of rotatable bonds is 3. The molecule has 1 aliphatic heterocycles. The molecule has 1 N–H and O–H groups in total. The highest BCUT2D eigenvalue weighted by molar-refractivity contribution is 5.82. The van der Waals surface area contributed by atoms with Gasteiger partial charge in [-0.15, -0.1) is 0 Å². The van der Waals surface area contributed by atoms with Gasteiger partial charge in [-0.3, -0.25) is 4.99 Å². The van der Waals surface area contributed by atoms with Crippen LogP contribution in [0.3, 0.4) is 0 Å². The molecular formula is C13H18N2. The van der Waals surface area contributed by atoms with Crippen molar-refractivity contribution in [2.24, 2.45) is 4.99 Å². The molecule has 0 aliphatic carbocycles. The third kappa shape index (κ3) is 3.39. The van der Waals surface area contributed by atoms with Gasteiger partial charge >= 0.3 is 0 Å². The minimum atomic E-state index is 1.00. The molecule has 0 bridgehead atoms. The van der Waals surface area contributed by atoms with Crippen molar-refractivity contribution in [3.8, 4) is 0 Å². The first kappa shape index (κ1) is 10.2. The van der Waals surface area contributed by atoms with Crippen LogP contribution in [0.15, 0.2) is 35.3 Å². The Labute approximate surface area is 91.4 Å². The molecule has 2 rings (SSSR count). The zero-order valence-electron chi connectivity index (χ0n) is 9.08. The van der Waals surface area contributed by atoms with Gasteiger partial charge in [0.1, 0.15) is 0 Å². The van der Waals surface area contributed by atoms with Gasteiger partial charge in [0.25, 0.3) is 0 Å². The lowest BCUT2D eigenvalue weighted by atomic mass is 10.1. The summed E-state index contributed by atoms with van der Waals surface area (Å²) in [5.41, 5.74) is 1.39. The van der Waals surface area contributed by atoms with Crippen LogP contribution >= 0.6 is 0 Å². The van der Waals surface area contributed by atoms with E-state index in [1.54, 1.807) is 0 Å². The van der Waals surface area contributed by atoms with E-state index in [4.69, 9.17) is 0 Å². The molecule has 80 valence electrons. The first-order valence-electron chi connectivity index (χ1n) is 5.76. The molecule has 15 heavy (non-hydrogen) atoms. The van der Waals surface area contributed by atoms with Gasteiger partial charge in [0.15, 0.2) is 0 Å². The molecule has 0 atom stereocenters. The fourth-order valence-electron chi connectivity index (χ4n) is 1.84. The van der Waals surface area contributed by atoms with Crippen LogP contribution in [0.1, 0.15) is 24.8 Å². The molecule has 1 aromatic rings. The van der Waals surface area contributed by atoms with Crippen molar-refractivity contribution in [3.63, 3.8) is 0 Å². The van der Waals surface area contributed by atoms with E-state index >= 15 is 0 Å². The molecule has 2 heteroatoms. The number of nitrogens with zero attached hydrogens (tertiary/aromatic N) is 1. The Morgan fingerprint density at radius 3 is 2.73 bits per heavy atom. The molecule has 2 nitrogen and oxygen atoms in total. The normalized spacial score (nSPS) is 15.9. The monoisotopic (exact) mass is 202 g/mol. The lowest BCUT2D eigenvalue weighted by Gasteiger charge is -2.13. The van der Waals surface area contributed by atoms with Crippen molar-refractivity contribution in [2.75, 3.05) is 13.1 Å². The SMILES string of the molecule is c1ccc(CCNC2=NCCCC2)cc1. The van der Waals surface area contributed by atoms with Crippen LogP contribution in [0.5, 0.6) is 0 Å². The summed E-state index contributed by atoms with van der Waals surface area (Å²) in [5, 5.41) is 3.42. The molecule has 0 spiro atoms. The predicted octanol–water partition coefficient (Wildman–Crippen LogP) is 2.40. The molecule has 0 radical (unpaired) electrons. The zero-order chi connectivity index (χ0) is 10.3. The standard InChI is InChI=1S/C13H18N2/c1-2-6-12(7-3-1)9-11-15-13-8-4-5-10-14-13/h1-3,6-7H,4-5,8-11H2,(H,14,15). The number of hydrogen-bond donors (Lipinski definition) is 1. The van der Waals surface area contributed by atoms with Gasteiger partial charge in [-0.25, -0.2) is 0 Å². The largest absolute Gasteiger partial charge is 0.374 e. The minimum absolute atomic E-state index is 1.00. The Morgan fingerprint density at radius 1 is 1.13 bits per heavy atom. The third-order valence-corrected chi connectivity index (χ3v) is 2.71. The second-order valence-corrected chi connectivity index (χ2v) is 3.95. The second-order valence-electron chi connectivity index (χ2n) is 3.95. The van der Waals surface area contributed by atoms with Crippen LogP contribution in [-0.2, 0) is 6.42 Å². The smallest absolute Gasteiger partial charge is 0.0963 e. The zero-order valence-corrected chi connectivity index (χ0v) is 9.08.